The van der Waals surface area contributed by atoms with Gasteiger partial charge in [-0.2, -0.15) is 4.98 Å². The second-order valence-corrected chi connectivity index (χ2v) is 4.66. The van der Waals surface area contributed by atoms with Gasteiger partial charge >= 0.3 is 0 Å². The number of furan rings is 1. The van der Waals surface area contributed by atoms with Gasteiger partial charge in [-0.15, -0.1) is 5.10 Å². The summed E-state index contributed by atoms with van der Waals surface area (Å²) in [5.41, 5.74) is 5.87. The van der Waals surface area contributed by atoms with Crippen LogP contribution in [0.25, 0.3) is 0 Å². The van der Waals surface area contributed by atoms with Gasteiger partial charge in [-0.25, -0.2) is 0 Å². The first kappa shape index (κ1) is 11.3. The number of aromatic amines is 1. The number of nitrogens with two attached hydrogens (primary N) is 1. The van der Waals surface area contributed by atoms with Gasteiger partial charge in [0.1, 0.15) is 11.6 Å². The van der Waals surface area contributed by atoms with Crippen LogP contribution in [0, 0.1) is 0 Å². The van der Waals surface area contributed by atoms with E-state index in [0.29, 0.717) is 0 Å². The summed E-state index contributed by atoms with van der Waals surface area (Å²) in [5.74, 6) is 2.62. The maximum absolute atomic E-state index is 5.87. The zero-order valence-corrected chi connectivity index (χ0v) is 10.2. The highest BCUT2D eigenvalue weighted by molar-refractivity contribution is 5.31. The minimum Gasteiger partial charge on any atom is -0.469 e. The molecule has 0 aliphatic carbocycles. The van der Waals surface area contributed by atoms with Crippen molar-refractivity contribution in [2.24, 2.45) is 5.73 Å². The third-order valence-corrected chi connectivity index (χ3v) is 3.22. The first-order valence-electron chi connectivity index (χ1n) is 6.25. The maximum Gasteiger partial charge on any atom is 0.244 e. The Kier molecular flexibility index (Phi) is 3.02. The molecule has 3 heterocycles. The van der Waals surface area contributed by atoms with Crippen LogP contribution < -0.4 is 10.6 Å². The van der Waals surface area contributed by atoms with Crippen LogP contribution in [-0.2, 0) is 12.8 Å². The van der Waals surface area contributed by atoms with Crippen molar-refractivity contribution in [1.82, 2.24) is 15.2 Å². The smallest absolute Gasteiger partial charge is 0.244 e. The minimum absolute atomic E-state index is 0.245. The number of hydrogen-bond donors (Lipinski definition) is 2. The second-order valence-electron chi connectivity index (χ2n) is 4.66. The van der Waals surface area contributed by atoms with E-state index >= 15 is 0 Å². The van der Waals surface area contributed by atoms with Crippen LogP contribution in [0.5, 0.6) is 0 Å². The molecule has 18 heavy (non-hydrogen) atoms. The standard InChI is InChI=1S/C12H17N5O/c13-9-5-6-17(8-9)12-14-11(15-16-12)4-3-10-2-1-7-18-10/h1-2,7,9H,3-6,8,13H2,(H,14,15,16). The van der Waals surface area contributed by atoms with E-state index in [1.54, 1.807) is 6.26 Å². The van der Waals surface area contributed by atoms with Crippen molar-refractivity contribution in [3.63, 3.8) is 0 Å². The van der Waals surface area contributed by atoms with Crippen molar-refractivity contribution in [1.29, 1.82) is 0 Å². The molecule has 0 amide bonds. The van der Waals surface area contributed by atoms with Gasteiger partial charge in [0.2, 0.25) is 5.95 Å². The van der Waals surface area contributed by atoms with E-state index in [-0.39, 0.29) is 6.04 Å². The molecular weight excluding hydrogens is 230 g/mol. The molecule has 1 aliphatic heterocycles. The molecule has 1 atom stereocenters. The Bertz CT molecular complexity index is 492. The fourth-order valence-corrected chi connectivity index (χ4v) is 2.20. The molecule has 3 N–H and O–H groups in total. The van der Waals surface area contributed by atoms with E-state index in [1.807, 2.05) is 12.1 Å². The average molecular weight is 247 g/mol. The maximum atomic E-state index is 5.87. The van der Waals surface area contributed by atoms with Crippen molar-refractivity contribution >= 4 is 5.95 Å². The lowest BCUT2D eigenvalue weighted by Crippen LogP contribution is -2.27. The molecule has 1 fully saturated rings. The van der Waals surface area contributed by atoms with Crippen molar-refractivity contribution in [3.05, 3.63) is 30.0 Å². The van der Waals surface area contributed by atoms with E-state index in [4.69, 9.17) is 10.2 Å². The zero-order chi connectivity index (χ0) is 12.4. The van der Waals surface area contributed by atoms with Crippen molar-refractivity contribution in [2.75, 3.05) is 18.0 Å². The normalized spacial score (nSPS) is 19.6. The summed E-state index contributed by atoms with van der Waals surface area (Å²) in [7, 11) is 0. The molecule has 6 nitrogen and oxygen atoms in total. The van der Waals surface area contributed by atoms with Gasteiger partial charge in [0, 0.05) is 32.0 Å². The molecule has 2 aromatic rings. The molecule has 0 aromatic carbocycles. The molecule has 0 spiro atoms. The Balaban J connectivity index is 1.59. The van der Waals surface area contributed by atoms with Crippen molar-refractivity contribution in [2.45, 2.75) is 25.3 Å². The fraction of sp³-hybridized carbons (Fsp3) is 0.500. The van der Waals surface area contributed by atoms with Gasteiger partial charge in [0.25, 0.3) is 0 Å². The van der Waals surface area contributed by atoms with Crippen LogP contribution in [0.4, 0.5) is 5.95 Å². The van der Waals surface area contributed by atoms with Crippen LogP contribution in [0.2, 0.25) is 0 Å². The lowest BCUT2D eigenvalue weighted by molar-refractivity contribution is 0.506. The molecule has 96 valence electrons. The Labute approximate surface area is 105 Å². The van der Waals surface area contributed by atoms with Crippen LogP contribution in [0.1, 0.15) is 18.0 Å². The summed E-state index contributed by atoms with van der Waals surface area (Å²) in [6.07, 6.45) is 4.34. The molecule has 1 saturated heterocycles. The molecule has 0 radical (unpaired) electrons. The number of aromatic nitrogens is 3. The Morgan fingerprint density at radius 2 is 2.44 bits per heavy atom. The Morgan fingerprint density at radius 1 is 1.50 bits per heavy atom. The van der Waals surface area contributed by atoms with Crippen LogP contribution in [0.15, 0.2) is 22.8 Å². The minimum atomic E-state index is 0.245. The molecule has 1 unspecified atom stereocenters. The van der Waals surface area contributed by atoms with Gasteiger partial charge in [0.05, 0.1) is 6.26 Å². The number of nitrogens with zero attached hydrogens (tertiary/aromatic N) is 3. The van der Waals surface area contributed by atoms with Gasteiger partial charge in [-0.3, -0.25) is 5.10 Å². The molecule has 3 rings (SSSR count). The van der Waals surface area contributed by atoms with E-state index in [1.165, 1.54) is 0 Å². The summed E-state index contributed by atoms with van der Waals surface area (Å²) in [4.78, 5) is 6.61. The average Bonchev–Trinajstić information content (AvgIpc) is 3.07. The number of anilines is 1. The van der Waals surface area contributed by atoms with Crippen LogP contribution in [-0.4, -0.2) is 34.3 Å². The predicted octanol–water partition coefficient (Wildman–Crippen LogP) is 0.720. The number of nitrogens with one attached hydrogen (secondary N) is 1. The van der Waals surface area contributed by atoms with Gasteiger partial charge in [-0.05, 0) is 18.6 Å². The molecule has 0 saturated carbocycles. The summed E-state index contributed by atoms with van der Waals surface area (Å²) in [5, 5.41) is 7.21. The van der Waals surface area contributed by atoms with E-state index in [2.05, 4.69) is 20.1 Å². The van der Waals surface area contributed by atoms with Gasteiger partial charge in [-0.1, -0.05) is 0 Å². The summed E-state index contributed by atoms with van der Waals surface area (Å²) in [6.45, 7) is 1.78. The highest BCUT2D eigenvalue weighted by atomic mass is 16.3. The number of hydrogen-bond acceptors (Lipinski definition) is 5. The first-order valence-corrected chi connectivity index (χ1v) is 6.25. The van der Waals surface area contributed by atoms with E-state index in [9.17, 15) is 0 Å². The third-order valence-electron chi connectivity index (χ3n) is 3.22. The lowest BCUT2D eigenvalue weighted by atomic mass is 10.2. The van der Waals surface area contributed by atoms with E-state index in [0.717, 1.165) is 49.9 Å². The quantitative estimate of drug-likeness (QED) is 0.831. The fourth-order valence-electron chi connectivity index (χ4n) is 2.20. The summed E-state index contributed by atoms with van der Waals surface area (Å²) < 4.78 is 5.29. The van der Waals surface area contributed by atoms with Gasteiger partial charge in [0.15, 0.2) is 0 Å². The highest BCUT2D eigenvalue weighted by Crippen LogP contribution is 2.15. The highest BCUT2D eigenvalue weighted by Gasteiger charge is 2.22. The number of H-pyrrole nitrogens is 1. The van der Waals surface area contributed by atoms with Crippen LogP contribution in [0.3, 0.4) is 0 Å². The monoisotopic (exact) mass is 247 g/mol. The SMILES string of the molecule is NC1CCN(c2n[nH]c(CCc3ccco3)n2)C1. The summed E-state index contributed by atoms with van der Waals surface area (Å²) in [6, 6.07) is 4.11. The molecule has 2 aromatic heterocycles. The Morgan fingerprint density at radius 3 is 3.17 bits per heavy atom. The second kappa shape index (κ2) is 4.81. The summed E-state index contributed by atoms with van der Waals surface area (Å²) >= 11 is 0. The predicted molar refractivity (Wildman–Crippen MR) is 67.3 cm³/mol. The Hall–Kier alpha value is -1.82. The molecule has 0 bridgehead atoms. The topological polar surface area (TPSA) is 84.0 Å². The number of rotatable bonds is 4. The lowest BCUT2D eigenvalue weighted by Gasteiger charge is -2.11. The molecule has 1 aliphatic rings. The van der Waals surface area contributed by atoms with Crippen molar-refractivity contribution in [3.8, 4) is 0 Å². The largest absolute Gasteiger partial charge is 0.469 e. The van der Waals surface area contributed by atoms with Crippen molar-refractivity contribution < 1.29 is 4.42 Å². The third kappa shape index (κ3) is 2.38. The van der Waals surface area contributed by atoms with E-state index < -0.39 is 0 Å². The van der Waals surface area contributed by atoms with Gasteiger partial charge < -0.3 is 15.1 Å². The first-order chi connectivity index (χ1) is 8.81. The number of aryl methyl sites for hydroxylation is 2. The molecule has 6 heteroatoms. The molecular formula is C12H17N5O. The van der Waals surface area contributed by atoms with Crippen LogP contribution >= 0.6 is 0 Å². The zero-order valence-electron chi connectivity index (χ0n) is 10.2.